The van der Waals surface area contributed by atoms with Crippen molar-refractivity contribution in [3.05, 3.63) is 43.0 Å². The minimum absolute atomic E-state index is 0.00153. The van der Waals surface area contributed by atoms with Crippen molar-refractivity contribution in [3.63, 3.8) is 0 Å². The van der Waals surface area contributed by atoms with Crippen LogP contribution in [0.1, 0.15) is 13.8 Å². The lowest BCUT2D eigenvalue weighted by molar-refractivity contribution is 0.491. The molecule has 82 valence electrons. The van der Waals surface area contributed by atoms with E-state index >= 15 is 0 Å². The number of fused-ring (bicyclic) bond motifs is 1. The van der Waals surface area contributed by atoms with Crippen molar-refractivity contribution in [1.82, 2.24) is 0 Å². The first kappa shape index (κ1) is 10.4. The van der Waals surface area contributed by atoms with E-state index in [2.05, 4.69) is 0 Å². The third kappa shape index (κ3) is 1.16. The van der Waals surface area contributed by atoms with E-state index < -0.39 is 10.9 Å². The Hall–Kier alpha value is -2.10. The molecule has 0 unspecified atom stereocenters. The van der Waals surface area contributed by atoms with Crippen molar-refractivity contribution in [2.75, 3.05) is 0 Å². The van der Waals surface area contributed by atoms with Gasteiger partial charge in [-0.1, -0.05) is 6.07 Å². The highest BCUT2D eigenvalue weighted by Gasteiger charge is 2.15. The zero-order valence-corrected chi connectivity index (χ0v) is 8.87. The van der Waals surface area contributed by atoms with Gasteiger partial charge in [0.2, 0.25) is 10.9 Å². The van der Waals surface area contributed by atoms with Gasteiger partial charge in [-0.25, -0.2) is 0 Å². The lowest BCUT2D eigenvalue weighted by Gasteiger charge is -2.03. The predicted octanol–water partition coefficient (Wildman–Crippen LogP) is -0.192. The second kappa shape index (κ2) is 3.20. The molecule has 0 heterocycles. The van der Waals surface area contributed by atoms with Gasteiger partial charge in [0, 0.05) is 21.2 Å². The van der Waals surface area contributed by atoms with Gasteiger partial charge in [-0.15, -0.1) is 0 Å². The summed E-state index contributed by atoms with van der Waals surface area (Å²) in [6.07, 6.45) is 0. The van der Waals surface area contributed by atoms with Gasteiger partial charge in [-0.05, 0) is 19.9 Å². The number of aliphatic hydroxyl groups excluding tert-OH is 2. The summed E-state index contributed by atoms with van der Waals surface area (Å²) in [5.74, 6) is -0.0838. The van der Waals surface area contributed by atoms with E-state index in [0.717, 1.165) is 0 Å². The van der Waals surface area contributed by atoms with E-state index in [1.807, 2.05) is 0 Å². The quantitative estimate of drug-likeness (QED) is 0.601. The summed E-state index contributed by atoms with van der Waals surface area (Å²) in [6.45, 7) is 2.87. The molecule has 16 heavy (non-hydrogen) atoms. The van der Waals surface area contributed by atoms with Crippen LogP contribution in [0.25, 0.3) is 22.3 Å². The molecule has 0 spiro atoms. The molecule has 0 saturated heterocycles. The number of hydrogen-bond acceptors (Lipinski definition) is 4. The Morgan fingerprint density at radius 1 is 1.00 bits per heavy atom. The summed E-state index contributed by atoms with van der Waals surface area (Å²) in [5, 5.41) is 20.1. The number of aliphatic hydroxyl groups is 2. The zero-order chi connectivity index (χ0) is 12.0. The Bertz CT molecular complexity index is 766. The van der Waals surface area contributed by atoms with E-state index in [1.54, 1.807) is 0 Å². The molecular formula is C12H10O4. The average molecular weight is 218 g/mol. The largest absolute Gasteiger partial charge is 0.512 e. The molecule has 2 N–H and O–H groups in total. The first-order valence-electron chi connectivity index (χ1n) is 4.77. The summed E-state index contributed by atoms with van der Waals surface area (Å²) in [7, 11) is 0. The molecule has 0 bridgehead atoms. The number of benzene rings is 1. The molecule has 2 aromatic rings. The monoisotopic (exact) mass is 218 g/mol. The van der Waals surface area contributed by atoms with Crippen LogP contribution in [-0.2, 0) is 0 Å². The molecule has 0 aromatic heterocycles. The average Bonchev–Trinajstić information content (AvgIpc) is 2.25. The van der Waals surface area contributed by atoms with Crippen LogP contribution in [0.2, 0.25) is 0 Å². The summed E-state index contributed by atoms with van der Waals surface area (Å²) < 4.78 is 0. The van der Waals surface area contributed by atoms with Gasteiger partial charge in [0.05, 0.1) is 11.5 Å². The molecule has 0 atom stereocenters. The van der Waals surface area contributed by atoms with Gasteiger partial charge in [-0.2, -0.15) is 0 Å². The standard InChI is InChI=1S/C12H10O4/c1-5(13)7-3-4-8-10(9(7)6(2)14)12(16)11(8)15/h3-4,13-14H,1-2H3. The highest BCUT2D eigenvalue weighted by Crippen LogP contribution is 1.99. The van der Waals surface area contributed by atoms with Crippen LogP contribution in [0, 0.1) is 0 Å². The summed E-state index contributed by atoms with van der Waals surface area (Å²) in [6, 6.07) is 3.01. The lowest BCUT2D eigenvalue weighted by Crippen LogP contribution is -2.42. The zero-order valence-electron chi connectivity index (χ0n) is 8.87. The number of hydrogen-bond donors (Lipinski definition) is 2. The fourth-order valence-corrected chi connectivity index (χ4v) is 1.88. The molecule has 4 nitrogen and oxygen atoms in total. The lowest BCUT2D eigenvalue weighted by atomic mass is 10.0. The van der Waals surface area contributed by atoms with Crippen LogP contribution in [0.5, 0.6) is 0 Å². The topological polar surface area (TPSA) is 74.6 Å². The third-order valence-corrected chi connectivity index (χ3v) is 2.63. The molecular weight excluding hydrogens is 208 g/mol. The van der Waals surface area contributed by atoms with E-state index in [9.17, 15) is 19.8 Å². The molecule has 0 aliphatic heterocycles. The van der Waals surface area contributed by atoms with E-state index in [-0.39, 0.29) is 22.1 Å². The number of rotatable bonds is 0. The third-order valence-electron chi connectivity index (χ3n) is 2.63. The molecule has 0 radical (unpaired) electrons. The van der Waals surface area contributed by atoms with E-state index in [0.29, 0.717) is 10.6 Å². The Morgan fingerprint density at radius 2 is 1.62 bits per heavy atom. The summed E-state index contributed by atoms with van der Waals surface area (Å²) in [5.41, 5.74) is -1.15. The Labute approximate surface area is 90.1 Å². The fraction of sp³-hybridized carbons (Fsp3) is 0.167. The second-order valence-electron chi connectivity index (χ2n) is 3.74. The molecule has 0 saturated carbocycles. The van der Waals surface area contributed by atoms with E-state index in [4.69, 9.17) is 0 Å². The van der Waals surface area contributed by atoms with Crippen LogP contribution in [0.15, 0.2) is 21.7 Å². The van der Waals surface area contributed by atoms with Crippen LogP contribution in [0.4, 0.5) is 0 Å². The van der Waals surface area contributed by atoms with Gasteiger partial charge in [0.25, 0.3) is 0 Å². The van der Waals surface area contributed by atoms with Crippen molar-refractivity contribution in [3.8, 4) is 0 Å². The maximum atomic E-state index is 11.4. The van der Waals surface area contributed by atoms with Gasteiger partial charge in [0.15, 0.2) is 0 Å². The van der Waals surface area contributed by atoms with Crippen molar-refractivity contribution < 1.29 is 10.2 Å². The molecule has 2 rings (SSSR count). The Kier molecular flexibility index (Phi) is 2.08. The van der Waals surface area contributed by atoms with Crippen LogP contribution >= 0.6 is 0 Å². The smallest absolute Gasteiger partial charge is 0.235 e. The first-order valence-corrected chi connectivity index (χ1v) is 4.77. The van der Waals surface area contributed by atoms with Crippen molar-refractivity contribution in [1.29, 1.82) is 0 Å². The molecule has 0 fully saturated rings. The molecule has 0 aliphatic carbocycles. The predicted molar refractivity (Wildman–Crippen MR) is 61.5 cm³/mol. The van der Waals surface area contributed by atoms with Gasteiger partial charge in [0.1, 0.15) is 0 Å². The first-order chi connectivity index (χ1) is 7.45. The normalized spacial score (nSPS) is 15.4. The van der Waals surface area contributed by atoms with Crippen molar-refractivity contribution >= 4 is 22.3 Å². The minimum Gasteiger partial charge on any atom is -0.512 e. The summed E-state index contributed by atoms with van der Waals surface area (Å²) in [4.78, 5) is 22.6. The highest BCUT2D eigenvalue weighted by molar-refractivity contribution is 5.89. The van der Waals surface area contributed by atoms with Gasteiger partial charge < -0.3 is 10.2 Å². The van der Waals surface area contributed by atoms with Crippen LogP contribution < -0.4 is 21.3 Å². The van der Waals surface area contributed by atoms with E-state index in [1.165, 1.54) is 26.0 Å². The van der Waals surface area contributed by atoms with Crippen molar-refractivity contribution in [2.24, 2.45) is 0 Å². The Balaban J connectivity index is 3.27. The fourth-order valence-electron chi connectivity index (χ4n) is 1.88. The molecule has 0 aliphatic rings. The SMILES string of the molecule is CC(O)=c1ccc2c(=O)c(=O)c2c1=C(C)O. The molecule has 4 heteroatoms. The maximum absolute atomic E-state index is 11.4. The summed E-state index contributed by atoms with van der Waals surface area (Å²) >= 11 is 0. The Morgan fingerprint density at radius 3 is 2.12 bits per heavy atom. The molecule has 0 amide bonds. The maximum Gasteiger partial charge on any atom is 0.235 e. The van der Waals surface area contributed by atoms with Gasteiger partial charge in [-0.3, -0.25) is 9.59 Å². The molecule has 2 aromatic carbocycles. The van der Waals surface area contributed by atoms with Crippen LogP contribution in [-0.4, -0.2) is 10.2 Å². The minimum atomic E-state index is -0.610. The highest BCUT2D eigenvalue weighted by atomic mass is 16.3. The van der Waals surface area contributed by atoms with Gasteiger partial charge >= 0.3 is 0 Å². The van der Waals surface area contributed by atoms with Crippen molar-refractivity contribution in [2.45, 2.75) is 13.8 Å². The second-order valence-corrected chi connectivity index (χ2v) is 3.74. The van der Waals surface area contributed by atoms with Crippen LogP contribution in [0.3, 0.4) is 0 Å².